The average molecular weight is 327 g/mol. The summed E-state index contributed by atoms with van der Waals surface area (Å²) >= 11 is 0. The van der Waals surface area contributed by atoms with Crippen LogP contribution in [0.25, 0.3) is 0 Å². The molecule has 0 saturated heterocycles. The van der Waals surface area contributed by atoms with Crippen LogP contribution in [0.4, 0.5) is 4.79 Å². The monoisotopic (exact) mass is 326 g/mol. The fourth-order valence-corrected chi connectivity index (χ4v) is 3.31. The first kappa shape index (κ1) is 20.3. The van der Waals surface area contributed by atoms with Crippen molar-refractivity contribution in [3.8, 4) is 0 Å². The minimum absolute atomic E-state index is 0.232. The van der Waals surface area contributed by atoms with Crippen LogP contribution in [-0.2, 0) is 4.74 Å². The van der Waals surface area contributed by atoms with Gasteiger partial charge in [-0.1, -0.05) is 33.1 Å². The van der Waals surface area contributed by atoms with E-state index in [9.17, 15) is 4.79 Å². The maximum absolute atomic E-state index is 12.0. The van der Waals surface area contributed by atoms with Crippen molar-refractivity contribution in [2.75, 3.05) is 20.1 Å². The molecule has 1 rings (SSSR count). The van der Waals surface area contributed by atoms with Gasteiger partial charge in [-0.3, -0.25) is 0 Å². The molecule has 1 N–H and O–H groups in total. The fraction of sp³-hybridized carbons (Fsp3) is 0.947. The first-order valence-electron chi connectivity index (χ1n) is 9.38. The second-order valence-electron chi connectivity index (χ2n) is 8.35. The van der Waals surface area contributed by atoms with Gasteiger partial charge in [0.1, 0.15) is 5.60 Å². The minimum atomic E-state index is -0.428. The van der Waals surface area contributed by atoms with Crippen molar-refractivity contribution in [1.29, 1.82) is 0 Å². The topological polar surface area (TPSA) is 41.6 Å². The Hall–Kier alpha value is -0.770. The molecule has 4 nitrogen and oxygen atoms in total. The quantitative estimate of drug-likeness (QED) is 0.734. The van der Waals surface area contributed by atoms with Crippen LogP contribution in [-0.4, -0.2) is 42.8 Å². The summed E-state index contributed by atoms with van der Waals surface area (Å²) in [6.45, 7) is 11.9. The summed E-state index contributed by atoms with van der Waals surface area (Å²) in [5, 5.41) is 3.72. The molecular formula is C19H38N2O2. The third kappa shape index (κ3) is 8.59. The molecule has 3 atom stereocenters. The van der Waals surface area contributed by atoms with E-state index >= 15 is 0 Å². The van der Waals surface area contributed by atoms with Crippen molar-refractivity contribution in [3.05, 3.63) is 0 Å². The summed E-state index contributed by atoms with van der Waals surface area (Å²) in [6.07, 6.45) is 7.79. The lowest BCUT2D eigenvalue weighted by atomic mass is 9.98. The Morgan fingerprint density at radius 2 is 1.96 bits per heavy atom. The van der Waals surface area contributed by atoms with E-state index in [0.29, 0.717) is 12.0 Å². The van der Waals surface area contributed by atoms with Gasteiger partial charge in [0.05, 0.1) is 0 Å². The maximum Gasteiger partial charge on any atom is 0.410 e. The Morgan fingerprint density at radius 3 is 2.57 bits per heavy atom. The predicted octanol–water partition coefficient (Wildman–Crippen LogP) is 4.44. The molecule has 0 aromatic heterocycles. The van der Waals surface area contributed by atoms with E-state index in [1.807, 2.05) is 27.8 Å². The minimum Gasteiger partial charge on any atom is -0.444 e. The van der Waals surface area contributed by atoms with Crippen molar-refractivity contribution in [2.45, 2.75) is 84.8 Å². The molecule has 1 amide bonds. The highest BCUT2D eigenvalue weighted by molar-refractivity contribution is 5.67. The van der Waals surface area contributed by atoms with Gasteiger partial charge in [0.15, 0.2) is 0 Å². The highest BCUT2D eigenvalue weighted by atomic mass is 16.6. The molecule has 23 heavy (non-hydrogen) atoms. The normalized spacial score (nSPS) is 23.9. The van der Waals surface area contributed by atoms with Crippen molar-refractivity contribution >= 4 is 6.09 Å². The summed E-state index contributed by atoms with van der Waals surface area (Å²) < 4.78 is 5.40. The molecule has 0 heterocycles. The molecule has 0 aromatic rings. The Balaban J connectivity index is 2.28. The predicted molar refractivity (Wildman–Crippen MR) is 96.7 cm³/mol. The van der Waals surface area contributed by atoms with Gasteiger partial charge >= 0.3 is 6.09 Å². The Morgan fingerprint density at radius 1 is 1.26 bits per heavy atom. The first-order valence-corrected chi connectivity index (χ1v) is 9.38. The molecule has 0 aliphatic heterocycles. The second kappa shape index (κ2) is 9.51. The summed E-state index contributed by atoms with van der Waals surface area (Å²) in [4.78, 5) is 13.7. The second-order valence-corrected chi connectivity index (χ2v) is 8.35. The van der Waals surface area contributed by atoms with E-state index in [0.717, 1.165) is 19.0 Å². The summed E-state index contributed by atoms with van der Waals surface area (Å²) in [6, 6.07) is 0.654. The fourth-order valence-electron chi connectivity index (χ4n) is 3.31. The number of ether oxygens (including phenoxy) is 1. The van der Waals surface area contributed by atoms with Crippen LogP contribution in [0, 0.1) is 11.8 Å². The number of hydrogen-bond acceptors (Lipinski definition) is 3. The maximum atomic E-state index is 12.0. The SMILES string of the molecule is CCC1CCCC(NCC(C)CN(C)C(=O)OC(C)(C)C)CC1. The number of rotatable bonds is 6. The number of carbonyl (C=O) groups excluding carboxylic acids is 1. The Kier molecular flexibility index (Phi) is 8.38. The first-order chi connectivity index (χ1) is 10.7. The molecule has 1 saturated carbocycles. The molecule has 4 heteroatoms. The zero-order valence-electron chi connectivity index (χ0n) is 16.2. The third-order valence-electron chi connectivity index (χ3n) is 4.71. The van der Waals surface area contributed by atoms with E-state index in [-0.39, 0.29) is 6.09 Å². The van der Waals surface area contributed by atoms with Gasteiger partial charge in [-0.05, 0) is 58.4 Å². The average Bonchev–Trinajstić information content (AvgIpc) is 2.68. The van der Waals surface area contributed by atoms with Crippen molar-refractivity contribution < 1.29 is 9.53 Å². The standard InChI is InChI=1S/C19H38N2O2/c1-7-16-9-8-10-17(12-11-16)20-13-15(2)14-21(6)18(22)23-19(3,4)5/h15-17,20H,7-14H2,1-6H3. The highest BCUT2D eigenvalue weighted by Crippen LogP contribution is 2.25. The number of amides is 1. The zero-order valence-corrected chi connectivity index (χ0v) is 16.2. The van der Waals surface area contributed by atoms with Gasteiger partial charge in [-0.2, -0.15) is 0 Å². The zero-order chi connectivity index (χ0) is 17.5. The molecular weight excluding hydrogens is 288 g/mol. The van der Waals surface area contributed by atoms with Gasteiger partial charge in [0.25, 0.3) is 0 Å². The number of nitrogens with zero attached hydrogens (tertiary/aromatic N) is 1. The summed E-state index contributed by atoms with van der Waals surface area (Å²) in [5.41, 5.74) is -0.428. The lowest BCUT2D eigenvalue weighted by Crippen LogP contribution is -2.40. The molecule has 1 aliphatic rings. The smallest absolute Gasteiger partial charge is 0.410 e. The molecule has 136 valence electrons. The van der Waals surface area contributed by atoms with Gasteiger partial charge in [0.2, 0.25) is 0 Å². The van der Waals surface area contributed by atoms with Crippen LogP contribution < -0.4 is 5.32 Å². The van der Waals surface area contributed by atoms with Gasteiger partial charge in [0, 0.05) is 19.6 Å². The van der Waals surface area contributed by atoms with Crippen molar-refractivity contribution in [3.63, 3.8) is 0 Å². The number of nitrogens with one attached hydrogen (secondary N) is 1. The Labute approximate surface area is 143 Å². The molecule has 0 aromatic carbocycles. The van der Waals surface area contributed by atoms with E-state index in [1.165, 1.54) is 38.5 Å². The van der Waals surface area contributed by atoms with Crippen molar-refractivity contribution in [2.24, 2.45) is 11.8 Å². The largest absolute Gasteiger partial charge is 0.444 e. The van der Waals surface area contributed by atoms with Crippen LogP contribution in [0.5, 0.6) is 0 Å². The van der Waals surface area contributed by atoms with E-state index in [1.54, 1.807) is 4.90 Å². The molecule has 3 unspecified atom stereocenters. The van der Waals surface area contributed by atoms with Crippen LogP contribution in [0.2, 0.25) is 0 Å². The Bertz CT molecular complexity index is 352. The van der Waals surface area contributed by atoms with Gasteiger partial charge < -0.3 is 15.0 Å². The van der Waals surface area contributed by atoms with Crippen LogP contribution in [0.3, 0.4) is 0 Å². The number of carbonyl (C=O) groups is 1. The van der Waals surface area contributed by atoms with Gasteiger partial charge in [-0.25, -0.2) is 4.79 Å². The van der Waals surface area contributed by atoms with Crippen LogP contribution in [0.15, 0.2) is 0 Å². The van der Waals surface area contributed by atoms with Crippen LogP contribution >= 0.6 is 0 Å². The summed E-state index contributed by atoms with van der Waals surface area (Å²) in [7, 11) is 1.82. The molecule has 0 radical (unpaired) electrons. The summed E-state index contributed by atoms with van der Waals surface area (Å²) in [5.74, 6) is 1.36. The van der Waals surface area contributed by atoms with E-state index in [2.05, 4.69) is 19.2 Å². The van der Waals surface area contributed by atoms with E-state index in [4.69, 9.17) is 4.74 Å². The van der Waals surface area contributed by atoms with Crippen molar-refractivity contribution in [1.82, 2.24) is 10.2 Å². The lowest BCUT2D eigenvalue weighted by Gasteiger charge is -2.27. The third-order valence-corrected chi connectivity index (χ3v) is 4.71. The molecule has 0 spiro atoms. The molecule has 0 bridgehead atoms. The lowest BCUT2D eigenvalue weighted by molar-refractivity contribution is 0.0276. The van der Waals surface area contributed by atoms with Crippen LogP contribution in [0.1, 0.15) is 73.1 Å². The number of hydrogen-bond donors (Lipinski definition) is 1. The van der Waals surface area contributed by atoms with Gasteiger partial charge in [-0.15, -0.1) is 0 Å². The molecule has 1 aliphatic carbocycles. The molecule has 1 fully saturated rings. The van der Waals surface area contributed by atoms with E-state index < -0.39 is 5.60 Å². The highest BCUT2D eigenvalue weighted by Gasteiger charge is 2.22.